The Morgan fingerprint density at radius 1 is 1.00 bits per heavy atom. The highest BCUT2D eigenvalue weighted by Crippen LogP contribution is 2.36. The van der Waals surface area contributed by atoms with E-state index >= 15 is 0 Å². The smallest absolute Gasteiger partial charge is 0.489 e. The van der Waals surface area contributed by atoms with Crippen LogP contribution in [0.2, 0.25) is 0 Å². The third-order valence-corrected chi connectivity index (χ3v) is 5.07. The molecular formula is C20H24BFO3. The molecule has 3 rings (SSSR count). The lowest BCUT2D eigenvalue weighted by atomic mass is 9.78. The van der Waals surface area contributed by atoms with Gasteiger partial charge in [0.1, 0.15) is 18.2 Å². The molecule has 0 spiro atoms. The summed E-state index contributed by atoms with van der Waals surface area (Å²) in [6.45, 7) is 10.3. The largest absolute Gasteiger partial charge is 0.494 e. The van der Waals surface area contributed by atoms with Crippen molar-refractivity contribution in [2.75, 3.05) is 0 Å². The van der Waals surface area contributed by atoms with Gasteiger partial charge in [0.2, 0.25) is 0 Å². The van der Waals surface area contributed by atoms with E-state index in [4.69, 9.17) is 14.0 Å². The summed E-state index contributed by atoms with van der Waals surface area (Å²) in [5, 5.41) is 0. The number of benzene rings is 2. The molecule has 132 valence electrons. The maximum atomic E-state index is 13.7. The van der Waals surface area contributed by atoms with Crippen molar-refractivity contribution in [2.45, 2.75) is 52.4 Å². The first-order chi connectivity index (χ1) is 11.7. The molecule has 0 N–H and O–H groups in total. The molecule has 0 saturated carbocycles. The van der Waals surface area contributed by atoms with Gasteiger partial charge >= 0.3 is 7.12 Å². The quantitative estimate of drug-likeness (QED) is 0.786. The zero-order valence-electron chi connectivity index (χ0n) is 15.4. The first-order valence-corrected chi connectivity index (χ1v) is 8.52. The number of aryl methyl sites for hydroxylation is 1. The Morgan fingerprint density at radius 2 is 1.64 bits per heavy atom. The minimum Gasteiger partial charge on any atom is -0.489 e. The molecular weight excluding hydrogens is 318 g/mol. The predicted octanol–water partition coefficient (Wildman–Crippen LogP) is 4.01. The number of halogens is 1. The summed E-state index contributed by atoms with van der Waals surface area (Å²) in [5.41, 5.74) is 1.71. The summed E-state index contributed by atoms with van der Waals surface area (Å²) in [6, 6.07) is 12.5. The molecule has 5 heteroatoms. The minimum absolute atomic E-state index is 0.198. The van der Waals surface area contributed by atoms with Gasteiger partial charge in [-0.15, -0.1) is 0 Å². The number of hydrogen-bond acceptors (Lipinski definition) is 3. The first kappa shape index (κ1) is 18.0. The van der Waals surface area contributed by atoms with Crippen LogP contribution in [0.5, 0.6) is 5.75 Å². The average molecular weight is 342 g/mol. The lowest BCUT2D eigenvalue weighted by Gasteiger charge is -2.32. The highest BCUT2D eigenvalue weighted by atomic mass is 19.1. The Hall–Kier alpha value is -1.85. The third-order valence-electron chi connectivity index (χ3n) is 5.07. The van der Waals surface area contributed by atoms with E-state index in [0.717, 1.165) is 16.8 Å². The van der Waals surface area contributed by atoms with Crippen molar-refractivity contribution >= 4 is 12.6 Å². The fourth-order valence-electron chi connectivity index (χ4n) is 2.73. The zero-order chi connectivity index (χ0) is 18.2. The third kappa shape index (κ3) is 3.58. The normalized spacial score (nSPS) is 18.4. The molecule has 1 fully saturated rings. The standard InChI is InChI=1S/C20H24BFO3/c1-14-12-16(21-24-19(2,3)20(4,5)25-21)10-11-18(14)23-13-15-8-6-7-9-17(15)22/h6-12H,13H2,1-5H3. The first-order valence-electron chi connectivity index (χ1n) is 8.52. The van der Waals surface area contributed by atoms with Gasteiger partial charge in [-0.25, -0.2) is 4.39 Å². The van der Waals surface area contributed by atoms with Crippen LogP contribution in [0.1, 0.15) is 38.8 Å². The minimum atomic E-state index is -0.399. The van der Waals surface area contributed by atoms with Crippen molar-refractivity contribution in [3.05, 3.63) is 59.4 Å². The molecule has 2 aromatic carbocycles. The highest BCUT2D eigenvalue weighted by molar-refractivity contribution is 6.62. The average Bonchev–Trinajstić information content (AvgIpc) is 2.75. The summed E-state index contributed by atoms with van der Waals surface area (Å²) in [5.74, 6) is 0.470. The second-order valence-electron chi connectivity index (χ2n) is 7.49. The Kier molecular flexibility index (Phi) is 4.65. The molecule has 1 aliphatic heterocycles. The lowest BCUT2D eigenvalue weighted by Crippen LogP contribution is -2.41. The van der Waals surface area contributed by atoms with Crippen LogP contribution in [0.3, 0.4) is 0 Å². The molecule has 0 unspecified atom stereocenters. The number of hydrogen-bond donors (Lipinski definition) is 0. The van der Waals surface area contributed by atoms with Crippen LogP contribution in [0.25, 0.3) is 0 Å². The molecule has 2 aromatic rings. The maximum absolute atomic E-state index is 13.7. The monoisotopic (exact) mass is 342 g/mol. The van der Waals surface area contributed by atoms with E-state index in [-0.39, 0.29) is 23.6 Å². The van der Waals surface area contributed by atoms with E-state index in [1.165, 1.54) is 6.07 Å². The summed E-state index contributed by atoms with van der Waals surface area (Å²) in [4.78, 5) is 0. The maximum Gasteiger partial charge on any atom is 0.494 e. The topological polar surface area (TPSA) is 27.7 Å². The molecule has 0 radical (unpaired) electrons. The molecule has 0 aliphatic carbocycles. The SMILES string of the molecule is Cc1cc(B2OC(C)(C)C(C)(C)O2)ccc1OCc1ccccc1F. The van der Waals surface area contributed by atoms with Crippen molar-refractivity contribution in [3.63, 3.8) is 0 Å². The van der Waals surface area contributed by atoms with Crippen molar-refractivity contribution in [1.82, 2.24) is 0 Å². The van der Waals surface area contributed by atoms with E-state index in [0.29, 0.717) is 5.56 Å². The van der Waals surface area contributed by atoms with Crippen LogP contribution in [-0.4, -0.2) is 18.3 Å². The van der Waals surface area contributed by atoms with Gasteiger partial charge in [-0.2, -0.15) is 0 Å². The van der Waals surface area contributed by atoms with Gasteiger partial charge in [0.05, 0.1) is 11.2 Å². The van der Waals surface area contributed by atoms with Crippen LogP contribution in [0.4, 0.5) is 4.39 Å². The van der Waals surface area contributed by atoms with Gasteiger partial charge < -0.3 is 14.0 Å². The van der Waals surface area contributed by atoms with Crippen molar-refractivity contribution in [1.29, 1.82) is 0 Å². The summed E-state index contributed by atoms with van der Waals surface area (Å²) in [6.07, 6.45) is 0. The van der Waals surface area contributed by atoms with Crippen LogP contribution < -0.4 is 10.2 Å². The van der Waals surface area contributed by atoms with Crippen LogP contribution in [0.15, 0.2) is 42.5 Å². The van der Waals surface area contributed by atoms with E-state index in [9.17, 15) is 4.39 Å². The van der Waals surface area contributed by atoms with E-state index < -0.39 is 7.12 Å². The van der Waals surface area contributed by atoms with Gasteiger partial charge in [-0.3, -0.25) is 0 Å². The fourth-order valence-corrected chi connectivity index (χ4v) is 2.73. The molecule has 0 aromatic heterocycles. The predicted molar refractivity (Wildman–Crippen MR) is 97.6 cm³/mol. The second kappa shape index (κ2) is 6.47. The second-order valence-corrected chi connectivity index (χ2v) is 7.49. The van der Waals surface area contributed by atoms with Gasteiger partial charge in [-0.1, -0.05) is 30.3 Å². The van der Waals surface area contributed by atoms with Crippen LogP contribution in [0, 0.1) is 12.7 Å². The lowest BCUT2D eigenvalue weighted by molar-refractivity contribution is 0.00578. The molecule has 1 aliphatic rings. The van der Waals surface area contributed by atoms with Crippen molar-refractivity contribution in [3.8, 4) is 5.75 Å². The van der Waals surface area contributed by atoms with Gasteiger partial charge in [0.15, 0.2) is 0 Å². The zero-order valence-corrected chi connectivity index (χ0v) is 15.4. The number of ether oxygens (including phenoxy) is 1. The summed E-state index contributed by atoms with van der Waals surface area (Å²) < 4.78 is 31.6. The molecule has 0 amide bonds. The van der Waals surface area contributed by atoms with Crippen LogP contribution in [-0.2, 0) is 15.9 Å². The van der Waals surface area contributed by atoms with Gasteiger partial charge in [-0.05, 0) is 57.8 Å². The Morgan fingerprint density at radius 3 is 2.24 bits per heavy atom. The van der Waals surface area contributed by atoms with Crippen molar-refractivity contribution < 1.29 is 18.4 Å². The van der Waals surface area contributed by atoms with E-state index in [1.807, 2.05) is 52.8 Å². The summed E-state index contributed by atoms with van der Waals surface area (Å²) >= 11 is 0. The van der Waals surface area contributed by atoms with E-state index in [2.05, 4.69) is 0 Å². The fraction of sp³-hybridized carbons (Fsp3) is 0.400. The molecule has 3 nitrogen and oxygen atoms in total. The van der Waals surface area contributed by atoms with Gasteiger partial charge in [0, 0.05) is 5.56 Å². The molecule has 25 heavy (non-hydrogen) atoms. The van der Waals surface area contributed by atoms with Crippen molar-refractivity contribution in [2.24, 2.45) is 0 Å². The molecule has 0 bridgehead atoms. The van der Waals surface area contributed by atoms with E-state index in [1.54, 1.807) is 18.2 Å². The highest BCUT2D eigenvalue weighted by Gasteiger charge is 2.51. The number of rotatable bonds is 4. The van der Waals surface area contributed by atoms with Crippen LogP contribution >= 0.6 is 0 Å². The summed E-state index contributed by atoms with van der Waals surface area (Å²) in [7, 11) is -0.399. The van der Waals surface area contributed by atoms with Gasteiger partial charge in [0.25, 0.3) is 0 Å². The Balaban J connectivity index is 1.73. The Labute approximate surface area is 149 Å². The molecule has 1 saturated heterocycles. The molecule has 1 heterocycles. The molecule has 0 atom stereocenters. The Bertz CT molecular complexity index is 757.